The standard InChI is InChI=1S/C15H15FN4O3/c16-11-3-1-10(2-4-11)15-18-13(23-19-15)5-6-14(22)20-8-7-17-12(21)9-20/h1-4H,5-9H2,(H,17,21). The minimum Gasteiger partial charge on any atom is -0.353 e. The van der Waals surface area contributed by atoms with E-state index >= 15 is 0 Å². The van der Waals surface area contributed by atoms with Gasteiger partial charge < -0.3 is 14.7 Å². The Morgan fingerprint density at radius 1 is 1.35 bits per heavy atom. The number of carbonyl (C=O) groups is 2. The molecule has 0 spiro atoms. The van der Waals surface area contributed by atoms with Crippen molar-refractivity contribution in [3.8, 4) is 11.4 Å². The lowest BCUT2D eigenvalue weighted by Gasteiger charge is -2.26. The molecule has 1 aromatic carbocycles. The summed E-state index contributed by atoms with van der Waals surface area (Å²) >= 11 is 0. The molecule has 2 heterocycles. The van der Waals surface area contributed by atoms with Crippen molar-refractivity contribution in [2.45, 2.75) is 12.8 Å². The van der Waals surface area contributed by atoms with Crippen LogP contribution in [-0.4, -0.2) is 46.5 Å². The lowest BCUT2D eigenvalue weighted by Crippen LogP contribution is -2.50. The van der Waals surface area contributed by atoms with E-state index in [1.54, 1.807) is 12.1 Å². The first-order valence-electron chi connectivity index (χ1n) is 7.25. The van der Waals surface area contributed by atoms with Crippen LogP contribution < -0.4 is 5.32 Å². The van der Waals surface area contributed by atoms with E-state index in [-0.39, 0.29) is 30.6 Å². The average molecular weight is 318 g/mol. The summed E-state index contributed by atoms with van der Waals surface area (Å²) < 4.78 is 18.0. The Hall–Kier alpha value is -2.77. The van der Waals surface area contributed by atoms with Gasteiger partial charge in [-0.15, -0.1) is 0 Å². The molecule has 7 nitrogen and oxygen atoms in total. The van der Waals surface area contributed by atoms with Crippen LogP contribution in [0.4, 0.5) is 4.39 Å². The molecule has 1 fully saturated rings. The molecule has 1 aliphatic rings. The molecule has 0 radical (unpaired) electrons. The van der Waals surface area contributed by atoms with Gasteiger partial charge >= 0.3 is 0 Å². The van der Waals surface area contributed by atoms with Gasteiger partial charge in [0, 0.05) is 31.5 Å². The molecule has 0 atom stereocenters. The molecule has 1 aliphatic heterocycles. The first-order valence-corrected chi connectivity index (χ1v) is 7.25. The van der Waals surface area contributed by atoms with E-state index < -0.39 is 0 Å². The number of halogens is 1. The van der Waals surface area contributed by atoms with E-state index in [1.165, 1.54) is 17.0 Å². The number of hydrogen-bond donors (Lipinski definition) is 1. The van der Waals surface area contributed by atoms with E-state index in [9.17, 15) is 14.0 Å². The second-order valence-corrected chi connectivity index (χ2v) is 5.18. The van der Waals surface area contributed by atoms with Crippen LogP contribution in [0.1, 0.15) is 12.3 Å². The minimum atomic E-state index is -0.339. The summed E-state index contributed by atoms with van der Waals surface area (Å²) in [5.74, 6) is 0.0694. The van der Waals surface area contributed by atoms with Crippen molar-refractivity contribution in [1.29, 1.82) is 0 Å². The number of carbonyl (C=O) groups excluding carboxylic acids is 2. The van der Waals surface area contributed by atoms with Crippen molar-refractivity contribution >= 4 is 11.8 Å². The van der Waals surface area contributed by atoms with Crippen LogP contribution in [0.25, 0.3) is 11.4 Å². The van der Waals surface area contributed by atoms with Crippen LogP contribution in [0.2, 0.25) is 0 Å². The Balaban J connectivity index is 1.57. The minimum absolute atomic E-state index is 0.0868. The fourth-order valence-electron chi connectivity index (χ4n) is 2.30. The number of nitrogens with one attached hydrogen (secondary N) is 1. The molecule has 2 amide bonds. The number of aromatic nitrogens is 2. The Morgan fingerprint density at radius 2 is 2.13 bits per heavy atom. The number of rotatable bonds is 4. The zero-order valence-corrected chi connectivity index (χ0v) is 12.3. The highest BCUT2D eigenvalue weighted by atomic mass is 19.1. The van der Waals surface area contributed by atoms with Crippen molar-refractivity contribution < 1.29 is 18.5 Å². The van der Waals surface area contributed by atoms with E-state index in [0.717, 1.165) is 0 Å². The predicted molar refractivity (Wildman–Crippen MR) is 77.6 cm³/mol. The van der Waals surface area contributed by atoms with E-state index in [4.69, 9.17) is 4.52 Å². The van der Waals surface area contributed by atoms with Crippen LogP contribution in [0.5, 0.6) is 0 Å². The summed E-state index contributed by atoms with van der Waals surface area (Å²) in [5, 5.41) is 6.49. The first kappa shape index (κ1) is 15.1. The summed E-state index contributed by atoms with van der Waals surface area (Å²) in [6.07, 6.45) is 0.490. The van der Waals surface area contributed by atoms with Crippen molar-refractivity contribution in [3.63, 3.8) is 0 Å². The molecule has 0 aliphatic carbocycles. The van der Waals surface area contributed by atoms with Gasteiger partial charge in [-0.25, -0.2) is 4.39 Å². The van der Waals surface area contributed by atoms with E-state index in [1.807, 2.05) is 0 Å². The molecule has 8 heteroatoms. The largest absolute Gasteiger partial charge is 0.353 e. The highest BCUT2D eigenvalue weighted by Gasteiger charge is 2.21. The smallest absolute Gasteiger partial charge is 0.239 e. The maximum Gasteiger partial charge on any atom is 0.239 e. The molecule has 0 saturated carbocycles. The Labute approximate surface area is 131 Å². The number of benzene rings is 1. The highest BCUT2D eigenvalue weighted by Crippen LogP contribution is 2.16. The zero-order chi connectivity index (χ0) is 16.2. The molecular weight excluding hydrogens is 303 g/mol. The van der Waals surface area contributed by atoms with Crippen molar-refractivity contribution in [2.75, 3.05) is 19.6 Å². The van der Waals surface area contributed by atoms with Crippen LogP contribution in [0.3, 0.4) is 0 Å². The van der Waals surface area contributed by atoms with Crippen LogP contribution in [-0.2, 0) is 16.0 Å². The number of amides is 2. The van der Waals surface area contributed by atoms with E-state index in [2.05, 4.69) is 15.5 Å². The van der Waals surface area contributed by atoms with Crippen molar-refractivity contribution in [2.24, 2.45) is 0 Å². The van der Waals surface area contributed by atoms with Gasteiger partial charge in [0.25, 0.3) is 0 Å². The van der Waals surface area contributed by atoms with Gasteiger partial charge in [-0.3, -0.25) is 9.59 Å². The first-order chi connectivity index (χ1) is 11.1. The molecule has 1 aromatic heterocycles. The number of hydrogen-bond acceptors (Lipinski definition) is 5. The zero-order valence-electron chi connectivity index (χ0n) is 12.3. The third-order valence-electron chi connectivity index (χ3n) is 3.51. The van der Waals surface area contributed by atoms with Gasteiger partial charge in [0.15, 0.2) is 0 Å². The summed E-state index contributed by atoms with van der Waals surface area (Å²) in [7, 11) is 0. The van der Waals surface area contributed by atoms with Crippen molar-refractivity contribution in [1.82, 2.24) is 20.4 Å². The fourth-order valence-corrected chi connectivity index (χ4v) is 2.30. The van der Waals surface area contributed by atoms with Crippen molar-refractivity contribution in [3.05, 3.63) is 36.0 Å². The van der Waals surface area contributed by atoms with Gasteiger partial charge in [0.2, 0.25) is 23.5 Å². The molecule has 1 N–H and O–H groups in total. The number of piperazine rings is 1. The van der Waals surface area contributed by atoms with Gasteiger partial charge in [-0.2, -0.15) is 4.98 Å². The summed E-state index contributed by atoms with van der Waals surface area (Å²) in [4.78, 5) is 29.0. The molecule has 120 valence electrons. The number of nitrogens with zero attached hydrogens (tertiary/aromatic N) is 3. The van der Waals surface area contributed by atoms with Crippen LogP contribution >= 0.6 is 0 Å². The van der Waals surface area contributed by atoms with Gasteiger partial charge in [0.05, 0.1) is 6.54 Å². The SMILES string of the molecule is O=C1CN(C(=O)CCc2nc(-c3ccc(F)cc3)no2)CCN1. The van der Waals surface area contributed by atoms with E-state index in [0.29, 0.717) is 36.8 Å². The Bertz CT molecular complexity index is 714. The highest BCUT2D eigenvalue weighted by molar-refractivity contribution is 5.85. The normalized spacial score (nSPS) is 14.7. The van der Waals surface area contributed by atoms with Crippen LogP contribution in [0, 0.1) is 5.82 Å². The maximum absolute atomic E-state index is 12.9. The lowest BCUT2D eigenvalue weighted by atomic mass is 10.2. The third kappa shape index (κ3) is 3.71. The molecule has 1 saturated heterocycles. The third-order valence-corrected chi connectivity index (χ3v) is 3.51. The van der Waals surface area contributed by atoms with Crippen LogP contribution in [0.15, 0.2) is 28.8 Å². The summed E-state index contributed by atoms with van der Waals surface area (Å²) in [6.45, 7) is 1.07. The monoisotopic (exact) mass is 318 g/mol. The Kier molecular flexibility index (Phi) is 4.31. The summed E-state index contributed by atoms with van der Waals surface area (Å²) in [6, 6.07) is 5.75. The fraction of sp³-hybridized carbons (Fsp3) is 0.333. The van der Waals surface area contributed by atoms with Gasteiger partial charge in [0.1, 0.15) is 5.82 Å². The lowest BCUT2D eigenvalue weighted by molar-refractivity contribution is -0.138. The van der Waals surface area contributed by atoms with Gasteiger partial charge in [-0.1, -0.05) is 5.16 Å². The molecule has 0 unspecified atom stereocenters. The molecule has 3 rings (SSSR count). The predicted octanol–water partition coefficient (Wildman–Crippen LogP) is 0.767. The Morgan fingerprint density at radius 3 is 2.87 bits per heavy atom. The maximum atomic E-state index is 12.9. The topological polar surface area (TPSA) is 88.3 Å². The molecule has 0 bridgehead atoms. The average Bonchev–Trinajstić information content (AvgIpc) is 3.02. The molecule has 23 heavy (non-hydrogen) atoms. The number of aryl methyl sites for hydroxylation is 1. The quantitative estimate of drug-likeness (QED) is 0.899. The van der Waals surface area contributed by atoms with Gasteiger partial charge in [-0.05, 0) is 24.3 Å². The second kappa shape index (κ2) is 6.55. The molecular formula is C15H15FN4O3. The summed E-state index contributed by atoms with van der Waals surface area (Å²) in [5.41, 5.74) is 0.639. The molecule has 2 aromatic rings. The second-order valence-electron chi connectivity index (χ2n) is 5.18.